The lowest BCUT2D eigenvalue weighted by atomic mass is 10.1. The second kappa shape index (κ2) is 8.32. The van der Waals surface area contributed by atoms with Gasteiger partial charge in [-0.05, 0) is 42.3 Å². The van der Waals surface area contributed by atoms with Crippen molar-refractivity contribution in [2.75, 3.05) is 6.61 Å². The predicted molar refractivity (Wildman–Crippen MR) is 104 cm³/mol. The molecule has 1 aromatic heterocycles. The van der Waals surface area contributed by atoms with E-state index in [-0.39, 0.29) is 34.4 Å². The van der Waals surface area contributed by atoms with Crippen molar-refractivity contribution in [3.63, 3.8) is 0 Å². The molecule has 1 saturated heterocycles. The summed E-state index contributed by atoms with van der Waals surface area (Å²) in [5.41, 5.74) is 0.494. The summed E-state index contributed by atoms with van der Waals surface area (Å²) in [5.74, 6) is -1.39. The number of benzene rings is 1. The highest BCUT2D eigenvalue weighted by Crippen LogP contribution is 2.28. The number of halogens is 1. The molecule has 0 unspecified atom stereocenters. The summed E-state index contributed by atoms with van der Waals surface area (Å²) in [4.78, 5) is 47.0. The van der Waals surface area contributed by atoms with E-state index in [1.165, 1.54) is 6.08 Å². The van der Waals surface area contributed by atoms with Crippen LogP contribution in [0.15, 0.2) is 40.3 Å². The number of barbiturate groups is 1. The number of hydrogen-bond acceptors (Lipinski definition) is 6. The second-order valence-electron chi connectivity index (χ2n) is 6.68. The van der Waals surface area contributed by atoms with E-state index in [4.69, 9.17) is 20.8 Å². The first-order valence-corrected chi connectivity index (χ1v) is 9.07. The largest absolute Gasteiger partial charge is 0.462 e. The predicted octanol–water partition coefficient (Wildman–Crippen LogP) is 3.16. The maximum atomic E-state index is 12.3. The number of amides is 4. The zero-order valence-corrected chi connectivity index (χ0v) is 16.3. The van der Waals surface area contributed by atoms with Crippen LogP contribution in [0.25, 0.3) is 17.4 Å². The van der Waals surface area contributed by atoms with Crippen LogP contribution >= 0.6 is 11.6 Å². The van der Waals surface area contributed by atoms with E-state index < -0.39 is 23.8 Å². The number of nitrogens with one attached hydrogen (secondary N) is 2. The van der Waals surface area contributed by atoms with Gasteiger partial charge in [-0.2, -0.15) is 0 Å². The molecule has 0 saturated carbocycles. The number of ether oxygens (including phenoxy) is 1. The maximum absolute atomic E-state index is 12.3. The lowest BCUT2D eigenvalue weighted by Gasteiger charge is -2.13. The van der Waals surface area contributed by atoms with Crippen LogP contribution < -0.4 is 10.6 Å². The SMILES string of the molecule is CC(C)COC(=O)c1cc(-c2ccc(C=C3C(=O)NC(=O)NC3=O)o2)ccc1Cl. The second-order valence-corrected chi connectivity index (χ2v) is 7.09. The monoisotopic (exact) mass is 416 g/mol. The third kappa shape index (κ3) is 4.72. The van der Waals surface area contributed by atoms with Gasteiger partial charge in [-0.1, -0.05) is 25.4 Å². The van der Waals surface area contributed by atoms with Gasteiger partial charge in [0.2, 0.25) is 0 Å². The highest BCUT2D eigenvalue weighted by atomic mass is 35.5. The number of carbonyl (C=O) groups is 4. The zero-order chi connectivity index (χ0) is 21.1. The lowest BCUT2D eigenvalue weighted by Crippen LogP contribution is -2.51. The summed E-state index contributed by atoms with van der Waals surface area (Å²) in [6, 6.07) is 7.04. The van der Waals surface area contributed by atoms with Crippen molar-refractivity contribution in [1.29, 1.82) is 0 Å². The molecule has 9 heteroatoms. The van der Waals surface area contributed by atoms with Crippen molar-refractivity contribution in [3.8, 4) is 11.3 Å². The summed E-state index contributed by atoms with van der Waals surface area (Å²) in [5, 5.41) is 4.20. The first-order valence-electron chi connectivity index (χ1n) is 8.70. The molecule has 29 heavy (non-hydrogen) atoms. The molecule has 150 valence electrons. The van der Waals surface area contributed by atoms with Crippen LogP contribution in [0.4, 0.5) is 4.79 Å². The van der Waals surface area contributed by atoms with Gasteiger partial charge in [0.1, 0.15) is 17.1 Å². The average Bonchev–Trinajstić information content (AvgIpc) is 3.11. The molecule has 0 bridgehead atoms. The number of hydrogen-bond donors (Lipinski definition) is 2. The number of carbonyl (C=O) groups excluding carboxylic acids is 4. The van der Waals surface area contributed by atoms with Gasteiger partial charge < -0.3 is 9.15 Å². The maximum Gasteiger partial charge on any atom is 0.339 e. The Morgan fingerprint density at radius 2 is 1.83 bits per heavy atom. The molecule has 2 heterocycles. The summed E-state index contributed by atoms with van der Waals surface area (Å²) in [7, 11) is 0. The number of rotatable bonds is 5. The summed E-state index contributed by atoms with van der Waals surface area (Å²) in [6.07, 6.45) is 1.22. The topological polar surface area (TPSA) is 115 Å². The Balaban J connectivity index is 1.85. The first kappa shape index (κ1) is 20.3. The summed E-state index contributed by atoms with van der Waals surface area (Å²) in [6.45, 7) is 4.12. The Hall–Kier alpha value is -3.39. The van der Waals surface area contributed by atoms with E-state index >= 15 is 0 Å². The number of urea groups is 1. The van der Waals surface area contributed by atoms with E-state index in [9.17, 15) is 19.2 Å². The van der Waals surface area contributed by atoms with Crippen LogP contribution in [0.2, 0.25) is 5.02 Å². The quantitative estimate of drug-likeness (QED) is 0.439. The van der Waals surface area contributed by atoms with Crippen LogP contribution in [0.3, 0.4) is 0 Å². The van der Waals surface area contributed by atoms with Gasteiger partial charge in [0.15, 0.2) is 0 Å². The fraction of sp³-hybridized carbons (Fsp3) is 0.200. The minimum absolute atomic E-state index is 0.186. The molecule has 1 aromatic carbocycles. The highest BCUT2D eigenvalue weighted by Gasteiger charge is 2.28. The lowest BCUT2D eigenvalue weighted by molar-refractivity contribution is -0.123. The van der Waals surface area contributed by atoms with Crippen molar-refractivity contribution in [1.82, 2.24) is 10.6 Å². The normalized spacial score (nSPS) is 13.9. The van der Waals surface area contributed by atoms with Gasteiger partial charge in [0.05, 0.1) is 17.2 Å². The third-order valence-electron chi connectivity index (χ3n) is 3.88. The van der Waals surface area contributed by atoms with Crippen LogP contribution in [0.5, 0.6) is 0 Å². The van der Waals surface area contributed by atoms with Gasteiger partial charge in [-0.15, -0.1) is 0 Å². The summed E-state index contributed by atoms with van der Waals surface area (Å²) >= 11 is 6.11. The summed E-state index contributed by atoms with van der Waals surface area (Å²) < 4.78 is 10.9. The molecule has 3 rings (SSSR count). The van der Waals surface area contributed by atoms with Crippen LogP contribution in [0, 0.1) is 5.92 Å². The Labute approximate surface area is 170 Å². The third-order valence-corrected chi connectivity index (χ3v) is 4.20. The van der Waals surface area contributed by atoms with E-state index in [0.717, 1.165) is 0 Å². The molecule has 1 aliphatic rings. The van der Waals surface area contributed by atoms with Gasteiger partial charge in [-0.25, -0.2) is 9.59 Å². The number of furan rings is 1. The van der Waals surface area contributed by atoms with Crippen molar-refractivity contribution >= 4 is 41.5 Å². The van der Waals surface area contributed by atoms with Crippen molar-refractivity contribution < 1.29 is 28.3 Å². The first-order chi connectivity index (χ1) is 13.7. The zero-order valence-electron chi connectivity index (χ0n) is 15.6. The Kier molecular flexibility index (Phi) is 5.84. The van der Waals surface area contributed by atoms with Gasteiger partial charge in [0.25, 0.3) is 11.8 Å². The Morgan fingerprint density at radius 3 is 2.48 bits per heavy atom. The average molecular weight is 417 g/mol. The van der Waals surface area contributed by atoms with Crippen molar-refractivity contribution in [2.24, 2.45) is 5.92 Å². The molecule has 1 fully saturated rings. The highest BCUT2D eigenvalue weighted by molar-refractivity contribution is 6.33. The Bertz CT molecular complexity index is 1020. The van der Waals surface area contributed by atoms with E-state index in [2.05, 4.69) is 0 Å². The fourth-order valence-electron chi connectivity index (χ4n) is 2.49. The molecular formula is C20H17ClN2O6. The minimum atomic E-state index is -0.879. The van der Waals surface area contributed by atoms with E-state index in [0.29, 0.717) is 11.3 Å². The van der Waals surface area contributed by atoms with Gasteiger partial charge in [0, 0.05) is 5.56 Å². The van der Waals surface area contributed by atoms with Crippen molar-refractivity contribution in [3.05, 3.63) is 52.3 Å². The minimum Gasteiger partial charge on any atom is -0.462 e. The van der Waals surface area contributed by atoms with Crippen LogP contribution in [0.1, 0.15) is 30.0 Å². The van der Waals surface area contributed by atoms with Crippen LogP contribution in [-0.4, -0.2) is 30.4 Å². The molecule has 0 aliphatic carbocycles. The molecule has 4 amide bonds. The molecule has 1 aliphatic heterocycles. The Morgan fingerprint density at radius 1 is 1.14 bits per heavy atom. The van der Waals surface area contributed by atoms with Gasteiger partial charge >= 0.3 is 12.0 Å². The number of esters is 1. The van der Waals surface area contributed by atoms with Crippen LogP contribution in [-0.2, 0) is 14.3 Å². The van der Waals surface area contributed by atoms with Crippen molar-refractivity contribution in [2.45, 2.75) is 13.8 Å². The molecule has 8 nitrogen and oxygen atoms in total. The smallest absolute Gasteiger partial charge is 0.339 e. The molecular weight excluding hydrogens is 400 g/mol. The number of imide groups is 2. The standard InChI is InChI=1S/C20H17ClN2O6/c1-10(2)9-28-19(26)13-7-11(3-5-15(13)21)16-6-4-12(29-16)8-14-17(24)22-20(27)23-18(14)25/h3-8,10H,9H2,1-2H3,(H2,22,23,24,25,27). The fourth-order valence-corrected chi connectivity index (χ4v) is 2.68. The molecule has 2 aromatic rings. The van der Waals surface area contributed by atoms with E-state index in [1.807, 2.05) is 24.5 Å². The van der Waals surface area contributed by atoms with E-state index in [1.54, 1.807) is 30.3 Å². The van der Waals surface area contributed by atoms with Gasteiger partial charge in [-0.3, -0.25) is 20.2 Å². The molecule has 0 atom stereocenters. The molecule has 2 N–H and O–H groups in total. The molecule has 0 radical (unpaired) electrons. The molecule has 0 spiro atoms.